The van der Waals surface area contributed by atoms with Crippen LogP contribution in [0.3, 0.4) is 0 Å². The fourth-order valence-electron chi connectivity index (χ4n) is 4.41. The number of carbonyl (C=O) groups excluding carboxylic acids is 2. The summed E-state index contributed by atoms with van der Waals surface area (Å²) >= 11 is 0. The van der Waals surface area contributed by atoms with Crippen molar-refractivity contribution in [2.45, 2.75) is 13.0 Å². The summed E-state index contributed by atoms with van der Waals surface area (Å²) in [6.45, 7) is 0.297. The summed E-state index contributed by atoms with van der Waals surface area (Å²) in [6, 6.07) is 9.61. The molecule has 2 atom stereocenters. The highest BCUT2D eigenvalue weighted by atomic mass is 19.1. The number of amides is 2. The molecule has 9 heteroatoms. The minimum Gasteiger partial charge on any atom is -0.477 e. The van der Waals surface area contributed by atoms with E-state index in [1.165, 1.54) is 11.0 Å². The predicted molar refractivity (Wildman–Crippen MR) is 106 cm³/mol. The van der Waals surface area contributed by atoms with Gasteiger partial charge in [-0.05, 0) is 48.4 Å². The van der Waals surface area contributed by atoms with Crippen LogP contribution in [0.15, 0.2) is 42.5 Å². The maximum Gasteiger partial charge on any atom is 0.352 e. The molecule has 7 nitrogen and oxygen atoms in total. The lowest BCUT2D eigenvalue weighted by atomic mass is 10.0. The van der Waals surface area contributed by atoms with E-state index in [1.807, 2.05) is 0 Å². The second-order valence-electron chi connectivity index (χ2n) is 8.01. The molecule has 2 heterocycles. The number of hydrogen-bond acceptors (Lipinski definition) is 3. The highest BCUT2D eigenvalue weighted by molar-refractivity contribution is 6.17. The van der Waals surface area contributed by atoms with Crippen LogP contribution in [-0.4, -0.2) is 34.4 Å². The van der Waals surface area contributed by atoms with Gasteiger partial charge in [-0.2, -0.15) is 0 Å². The number of aromatic carboxylic acids is 1. The number of aromatic amines is 1. The van der Waals surface area contributed by atoms with Gasteiger partial charge in [-0.1, -0.05) is 0 Å². The van der Waals surface area contributed by atoms with E-state index in [0.717, 1.165) is 18.2 Å². The molecule has 31 heavy (non-hydrogen) atoms. The third-order valence-corrected chi connectivity index (χ3v) is 6.06. The Kier molecular flexibility index (Phi) is 4.11. The number of nitrogens with one attached hydrogen (secondary N) is 2. The lowest BCUT2D eigenvalue weighted by molar-refractivity contribution is -0.135. The Morgan fingerprint density at radius 3 is 2.61 bits per heavy atom. The summed E-state index contributed by atoms with van der Waals surface area (Å²) in [5.74, 6) is -3.47. The van der Waals surface area contributed by atoms with E-state index in [-0.39, 0.29) is 29.6 Å². The Labute approximate surface area is 174 Å². The fraction of sp³-hybridized carbons (Fsp3) is 0.227. The molecule has 1 unspecified atom stereocenters. The van der Waals surface area contributed by atoms with Gasteiger partial charge >= 0.3 is 5.97 Å². The van der Waals surface area contributed by atoms with Gasteiger partial charge in [-0.3, -0.25) is 9.59 Å². The van der Waals surface area contributed by atoms with Crippen LogP contribution in [0.2, 0.25) is 0 Å². The van der Waals surface area contributed by atoms with Gasteiger partial charge in [0.05, 0.1) is 0 Å². The number of fused-ring (bicyclic) bond motifs is 2. The van der Waals surface area contributed by atoms with E-state index in [4.69, 9.17) is 5.11 Å². The first-order chi connectivity index (χ1) is 14.8. The first kappa shape index (κ1) is 19.2. The van der Waals surface area contributed by atoms with Gasteiger partial charge in [-0.25, -0.2) is 13.6 Å². The molecule has 0 spiro atoms. The molecule has 1 saturated heterocycles. The number of benzene rings is 2. The number of H-pyrrole nitrogens is 1. The SMILES string of the molecule is O=C(O)c1cc2cc(N3CC4C[C@@]4(C(=O)NCc4cc(F)cc(F)c4)C3=O)ccc2[nH]1. The van der Waals surface area contributed by atoms with Gasteiger partial charge in [0.25, 0.3) is 0 Å². The summed E-state index contributed by atoms with van der Waals surface area (Å²) < 4.78 is 26.7. The lowest BCUT2D eigenvalue weighted by Crippen LogP contribution is -2.41. The van der Waals surface area contributed by atoms with E-state index < -0.39 is 28.9 Å². The predicted octanol–water partition coefficient (Wildman–Crippen LogP) is 2.81. The normalized spacial score (nSPS) is 21.9. The number of anilines is 1. The summed E-state index contributed by atoms with van der Waals surface area (Å²) in [4.78, 5) is 41.4. The molecule has 158 valence electrons. The van der Waals surface area contributed by atoms with Crippen LogP contribution >= 0.6 is 0 Å². The molecule has 2 aliphatic rings. The van der Waals surface area contributed by atoms with Crippen molar-refractivity contribution in [2.75, 3.05) is 11.4 Å². The Morgan fingerprint density at radius 1 is 1.16 bits per heavy atom. The van der Waals surface area contributed by atoms with E-state index in [1.54, 1.807) is 18.2 Å². The van der Waals surface area contributed by atoms with E-state index in [0.29, 0.717) is 29.6 Å². The number of carboxylic acid groups (broad SMARTS) is 1. The molecule has 1 saturated carbocycles. The first-order valence-corrected chi connectivity index (χ1v) is 9.69. The summed E-state index contributed by atoms with van der Waals surface area (Å²) in [6.07, 6.45) is 0.432. The Hall–Kier alpha value is -3.75. The third-order valence-electron chi connectivity index (χ3n) is 6.06. The smallest absolute Gasteiger partial charge is 0.352 e. The highest BCUT2D eigenvalue weighted by Crippen LogP contribution is 2.59. The zero-order chi connectivity index (χ0) is 21.9. The van der Waals surface area contributed by atoms with Crippen molar-refractivity contribution in [1.82, 2.24) is 10.3 Å². The molecular formula is C22H17F2N3O4. The minimum atomic E-state index is -1.16. The van der Waals surface area contributed by atoms with Gasteiger partial charge in [0.2, 0.25) is 11.8 Å². The maximum atomic E-state index is 13.3. The molecule has 0 radical (unpaired) electrons. The molecule has 1 aliphatic carbocycles. The first-order valence-electron chi connectivity index (χ1n) is 9.69. The lowest BCUT2D eigenvalue weighted by Gasteiger charge is -2.21. The van der Waals surface area contributed by atoms with Crippen LogP contribution in [0.4, 0.5) is 14.5 Å². The number of halogens is 2. The number of aromatic nitrogens is 1. The number of carboxylic acids is 1. The largest absolute Gasteiger partial charge is 0.477 e. The third kappa shape index (κ3) is 3.04. The van der Waals surface area contributed by atoms with Crippen LogP contribution < -0.4 is 10.2 Å². The summed E-state index contributed by atoms with van der Waals surface area (Å²) in [5, 5.41) is 12.4. The zero-order valence-electron chi connectivity index (χ0n) is 16.1. The van der Waals surface area contributed by atoms with E-state index in [9.17, 15) is 23.2 Å². The quantitative estimate of drug-likeness (QED) is 0.547. The van der Waals surface area contributed by atoms with Crippen molar-refractivity contribution in [1.29, 1.82) is 0 Å². The molecule has 5 rings (SSSR count). The monoisotopic (exact) mass is 425 g/mol. The van der Waals surface area contributed by atoms with E-state index in [2.05, 4.69) is 10.3 Å². The Bertz CT molecular complexity index is 1250. The van der Waals surface area contributed by atoms with Crippen molar-refractivity contribution < 1.29 is 28.3 Å². The van der Waals surface area contributed by atoms with Gasteiger partial charge in [0.1, 0.15) is 22.7 Å². The molecule has 3 N–H and O–H groups in total. The number of hydrogen-bond donors (Lipinski definition) is 3. The van der Waals surface area contributed by atoms with Crippen LogP contribution in [0, 0.1) is 23.0 Å². The second kappa shape index (κ2) is 6.63. The fourth-order valence-corrected chi connectivity index (χ4v) is 4.41. The van der Waals surface area contributed by atoms with Gasteiger partial charge in [-0.15, -0.1) is 0 Å². The molecule has 0 bridgehead atoms. The number of piperidine rings is 1. The summed E-state index contributed by atoms with van der Waals surface area (Å²) in [5.41, 5.74) is 0.375. The zero-order valence-corrected chi connectivity index (χ0v) is 16.1. The van der Waals surface area contributed by atoms with Crippen molar-refractivity contribution in [3.8, 4) is 0 Å². The van der Waals surface area contributed by atoms with Crippen LogP contribution in [0.5, 0.6) is 0 Å². The molecule has 2 fully saturated rings. The van der Waals surface area contributed by atoms with Crippen LogP contribution in [0.25, 0.3) is 10.9 Å². The Morgan fingerprint density at radius 2 is 1.90 bits per heavy atom. The van der Waals surface area contributed by atoms with Crippen LogP contribution in [0.1, 0.15) is 22.5 Å². The molecule has 2 aromatic carbocycles. The Balaban J connectivity index is 1.33. The average Bonchev–Trinajstić information content (AvgIpc) is 3.15. The molecule has 1 aromatic heterocycles. The highest BCUT2D eigenvalue weighted by Gasteiger charge is 2.71. The molecule has 2 amide bonds. The number of rotatable bonds is 5. The maximum absolute atomic E-state index is 13.3. The topological polar surface area (TPSA) is 102 Å². The molecule has 1 aliphatic heterocycles. The van der Waals surface area contributed by atoms with Gasteiger partial charge < -0.3 is 20.3 Å². The van der Waals surface area contributed by atoms with Crippen molar-refractivity contribution in [3.63, 3.8) is 0 Å². The van der Waals surface area contributed by atoms with Gasteiger partial charge in [0, 0.05) is 41.7 Å². The molecule has 3 aromatic rings. The minimum absolute atomic E-state index is 0.0485. The average molecular weight is 425 g/mol. The standard InChI is InChI=1S/C22H17F2N3O4/c23-14-3-11(4-15(24)7-14)9-25-20(30)22-8-13(22)10-27(21(22)31)16-1-2-17-12(5-16)6-18(26-17)19(28)29/h1-7,13,26H,8-10H2,(H,25,30)(H,28,29)/t13?,22-/m1/s1. The van der Waals surface area contributed by atoms with Crippen molar-refractivity contribution in [3.05, 3.63) is 65.4 Å². The number of nitrogens with zero attached hydrogens (tertiary/aromatic N) is 1. The second-order valence-corrected chi connectivity index (χ2v) is 8.01. The number of carbonyl (C=O) groups is 3. The van der Waals surface area contributed by atoms with Crippen molar-refractivity contribution >= 4 is 34.4 Å². The van der Waals surface area contributed by atoms with E-state index >= 15 is 0 Å². The molecular weight excluding hydrogens is 408 g/mol. The summed E-state index contributed by atoms with van der Waals surface area (Å²) in [7, 11) is 0. The van der Waals surface area contributed by atoms with Crippen LogP contribution in [-0.2, 0) is 16.1 Å². The van der Waals surface area contributed by atoms with Gasteiger partial charge in [0.15, 0.2) is 0 Å². The van der Waals surface area contributed by atoms with Crippen molar-refractivity contribution in [2.24, 2.45) is 11.3 Å².